The smallest absolute Gasteiger partial charge is 0.191 e. The number of methoxy groups -OCH3 is 1. The van der Waals surface area contributed by atoms with Crippen LogP contribution in [-0.4, -0.2) is 38.9 Å². The van der Waals surface area contributed by atoms with E-state index in [1.165, 1.54) is 32.4 Å². The van der Waals surface area contributed by atoms with Gasteiger partial charge in [0, 0.05) is 31.0 Å². The van der Waals surface area contributed by atoms with Gasteiger partial charge in [-0.2, -0.15) is 0 Å². The van der Waals surface area contributed by atoms with Crippen molar-refractivity contribution in [2.45, 2.75) is 50.8 Å². The van der Waals surface area contributed by atoms with Crippen LogP contribution in [0.4, 0.5) is 4.39 Å². The summed E-state index contributed by atoms with van der Waals surface area (Å²) < 4.78 is 25.0. The lowest BCUT2D eigenvalue weighted by atomic mass is 9.46. The van der Waals surface area contributed by atoms with E-state index in [-0.39, 0.29) is 41.6 Å². The van der Waals surface area contributed by atoms with E-state index in [4.69, 9.17) is 9.47 Å². The first kappa shape index (κ1) is 20.6. The van der Waals surface area contributed by atoms with Crippen molar-refractivity contribution in [1.29, 1.82) is 0 Å². The minimum Gasteiger partial charge on any atom is -0.494 e. The number of halogens is 2. The summed E-state index contributed by atoms with van der Waals surface area (Å²) in [5.41, 5.74) is 1.16. The van der Waals surface area contributed by atoms with Crippen LogP contribution in [0.5, 0.6) is 5.75 Å². The van der Waals surface area contributed by atoms with E-state index in [1.54, 1.807) is 13.1 Å². The predicted molar refractivity (Wildman–Crippen MR) is 114 cm³/mol. The van der Waals surface area contributed by atoms with Gasteiger partial charge in [0.2, 0.25) is 0 Å². The maximum atomic E-state index is 14.0. The molecule has 0 radical (unpaired) electrons. The molecule has 1 aromatic rings. The molecule has 0 amide bonds. The Labute approximate surface area is 177 Å². The fourth-order valence-electron chi connectivity index (χ4n) is 5.01. The summed E-state index contributed by atoms with van der Waals surface area (Å²) >= 11 is 0. The molecule has 0 aromatic heterocycles. The second-order valence-corrected chi connectivity index (χ2v) is 7.78. The number of guanidine groups is 1. The summed E-state index contributed by atoms with van der Waals surface area (Å²) in [5.74, 6) is 1.27. The van der Waals surface area contributed by atoms with E-state index in [0.29, 0.717) is 23.5 Å². The Hall–Kier alpha value is -1.09. The van der Waals surface area contributed by atoms with Crippen LogP contribution in [-0.2, 0) is 4.74 Å². The quantitative estimate of drug-likeness (QED) is 0.386. The number of benzene rings is 1. The topological polar surface area (TPSA) is 54.9 Å². The molecular formula is C20H29FIN3O2. The van der Waals surface area contributed by atoms with E-state index < -0.39 is 0 Å². The molecule has 4 rings (SSSR count). The van der Waals surface area contributed by atoms with E-state index in [2.05, 4.69) is 15.6 Å². The fraction of sp³-hybridized carbons (Fsp3) is 0.650. The summed E-state index contributed by atoms with van der Waals surface area (Å²) in [6.07, 6.45) is 5.32. The van der Waals surface area contributed by atoms with E-state index in [0.717, 1.165) is 24.6 Å². The fourth-order valence-corrected chi connectivity index (χ4v) is 5.01. The van der Waals surface area contributed by atoms with E-state index in [1.807, 2.05) is 13.0 Å². The van der Waals surface area contributed by atoms with Crippen LogP contribution in [0.2, 0.25) is 0 Å². The standard InChI is InChI=1S/C20H28FN3O2.HI/c1-12(13-5-6-16(25-3)15(21)11-13)23-19(22-2)24-17-14-7-10-26-18(14)20(17)8-4-9-20;/h5-6,11-12,14,17-18H,4,7-10H2,1-3H3,(H2,22,23,24);1H. The Balaban J connectivity index is 0.00000210. The molecule has 1 saturated heterocycles. The van der Waals surface area contributed by atoms with Gasteiger partial charge in [-0.3, -0.25) is 4.99 Å². The number of ether oxygens (including phenoxy) is 2. The minimum absolute atomic E-state index is 0. The molecule has 3 aliphatic rings. The van der Waals surface area contributed by atoms with Gasteiger partial charge in [0.1, 0.15) is 0 Å². The molecule has 7 heteroatoms. The van der Waals surface area contributed by atoms with Gasteiger partial charge in [-0.25, -0.2) is 4.39 Å². The first-order valence-corrected chi connectivity index (χ1v) is 9.54. The zero-order chi connectivity index (χ0) is 18.3. The summed E-state index contributed by atoms with van der Waals surface area (Å²) in [5, 5.41) is 7.05. The molecule has 27 heavy (non-hydrogen) atoms. The Morgan fingerprint density at radius 2 is 2.19 bits per heavy atom. The first-order chi connectivity index (χ1) is 12.6. The van der Waals surface area contributed by atoms with Crippen LogP contribution in [0.3, 0.4) is 0 Å². The Kier molecular flexibility index (Phi) is 6.20. The number of rotatable bonds is 4. The molecular weight excluding hydrogens is 460 g/mol. The maximum absolute atomic E-state index is 14.0. The largest absolute Gasteiger partial charge is 0.494 e. The maximum Gasteiger partial charge on any atom is 0.191 e. The van der Waals surface area contributed by atoms with Crippen molar-refractivity contribution in [3.05, 3.63) is 29.6 Å². The number of hydrogen-bond donors (Lipinski definition) is 2. The molecule has 150 valence electrons. The normalized spacial score (nSPS) is 29.0. The third kappa shape index (κ3) is 3.41. The number of nitrogens with zero attached hydrogens (tertiary/aromatic N) is 1. The highest BCUT2D eigenvalue weighted by Crippen LogP contribution is 2.62. The molecule has 1 spiro atoms. The molecule has 1 aliphatic heterocycles. The average molecular weight is 489 g/mol. The minimum atomic E-state index is -0.347. The third-order valence-corrected chi connectivity index (χ3v) is 6.58. The molecule has 1 aromatic carbocycles. The van der Waals surface area contributed by atoms with Gasteiger partial charge in [-0.15, -0.1) is 24.0 Å². The Bertz CT molecular complexity index is 710. The van der Waals surface area contributed by atoms with Crippen molar-refractivity contribution in [2.75, 3.05) is 20.8 Å². The first-order valence-electron chi connectivity index (χ1n) is 9.54. The predicted octanol–water partition coefficient (Wildman–Crippen LogP) is 3.64. The molecule has 5 nitrogen and oxygen atoms in total. The summed E-state index contributed by atoms with van der Waals surface area (Å²) in [4.78, 5) is 4.40. The zero-order valence-electron chi connectivity index (χ0n) is 16.1. The number of fused-ring (bicyclic) bond motifs is 2. The van der Waals surface area contributed by atoms with Crippen LogP contribution in [0.1, 0.15) is 44.2 Å². The van der Waals surface area contributed by atoms with Gasteiger partial charge in [-0.05, 0) is 43.9 Å². The van der Waals surface area contributed by atoms with Crippen molar-refractivity contribution >= 4 is 29.9 Å². The average Bonchev–Trinajstić information content (AvgIpc) is 3.01. The van der Waals surface area contributed by atoms with E-state index >= 15 is 0 Å². The summed E-state index contributed by atoms with van der Waals surface area (Å²) in [7, 11) is 3.26. The highest BCUT2D eigenvalue weighted by atomic mass is 127. The van der Waals surface area contributed by atoms with Crippen molar-refractivity contribution in [3.63, 3.8) is 0 Å². The van der Waals surface area contributed by atoms with Crippen LogP contribution in [0.25, 0.3) is 0 Å². The Morgan fingerprint density at radius 1 is 1.41 bits per heavy atom. The molecule has 2 N–H and O–H groups in total. The number of nitrogens with one attached hydrogen (secondary N) is 2. The summed E-state index contributed by atoms with van der Waals surface area (Å²) in [6, 6.07) is 5.42. The summed E-state index contributed by atoms with van der Waals surface area (Å²) in [6.45, 7) is 2.89. The van der Waals surface area contributed by atoms with Gasteiger partial charge in [-0.1, -0.05) is 12.5 Å². The van der Waals surface area contributed by atoms with Crippen LogP contribution in [0.15, 0.2) is 23.2 Å². The number of hydrogen-bond acceptors (Lipinski definition) is 3. The van der Waals surface area contributed by atoms with Crippen molar-refractivity contribution < 1.29 is 13.9 Å². The molecule has 4 unspecified atom stereocenters. The highest BCUT2D eigenvalue weighted by Gasteiger charge is 2.66. The van der Waals surface area contributed by atoms with Crippen LogP contribution in [0, 0.1) is 17.2 Å². The van der Waals surface area contributed by atoms with Gasteiger partial charge in [0.25, 0.3) is 0 Å². The van der Waals surface area contributed by atoms with Crippen LogP contribution >= 0.6 is 24.0 Å². The highest BCUT2D eigenvalue weighted by molar-refractivity contribution is 14.0. The SMILES string of the molecule is CN=C(NC(C)c1ccc(OC)c(F)c1)NC1C2CCOC2C12CCC2.I. The lowest BCUT2D eigenvalue weighted by molar-refractivity contribution is -0.171. The lowest BCUT2D eigenvalue weighted by Gasteiger charge is -2.63. The van der Waals surface area contributed by atoms with Crippen molar-refractivity contribution in [1.82, 2.24) is 10.6 Å². The monoisotopic (exact) mass is 489 g/mol. The molecule has 2 aliphatic carbocycles. The lowest BCUT2D eigenvalue weighted by Crippen LogP contribution is -2.72. The molecule has 0 bridgehead atoms. The Morgan fingerprint density at radius 3 is 2.78 bits per heavy atom. The van der Waals surface area contributed by atoms with Gasteiger partial charge < -0.3 is 20.1 Å². The molecule has 1 heterocycles. The number of aliphatic imine (C=N–C) groups is 1. The molecule has 4 atom stereocenters. The van der Waals surface area contributed by atoms with E-state index in [9.17, 15) is 4.39 Å². The van der Waals surface area contributed by atoms with Gasteiger partial charge in [0.05, 0.1) is 19.3 Å². The van der Waals surface area contributed by atoms with Gasteiger partial charge >= 0.3 is 0 Å². The molecule has 2 saturated carbocycles. The van der Waals surface area contributed by atoms with Gasteiger partial charge in [0.15, 0.2) is 17.5 Å². The zero-order valence-corrected chi connectivity index (χ0v) is 18.5. The third-order valence-electron chi connectivity index (χ3n) is 6.58. The second kappa shape index (κ2) is 8.11. The van der Waals surface area contributed by atoms with Crippen molar-refractivity contribution in [2.24, 2.45) is 16.3 Å². The van der Waals surface area contributed by atoms with Crippen LogP contribution < -0.4 is 15.4 Å². The van der Waals surface area contributed by atoms with Crippen molar-refractivity contribution in [3.8, 4) is 5.75 Å². The molecule has 3 fully saturated rings. The second-order valence-electron chi connectivity index (χ2n) is 7.78.